The zero-order chi connectivity index (χ0) is 13.8. The fourth-order valence-corrected chi connectivity index (χ4v) is 2.36. The normalized spacial score (nSPS) is 24.3. The molecule has 104 valence electrons. The molecule has 0 radical (unpaired) electrons. The van der Waals surface area contributed by atoms with Crippen LogP contribution in [0.5, 0.6) is 0 Å². The average molecular weight is 262 g/mol. The SMILES string of the molecule is C[C@@H]1CN(C(=O)OCc2ccccc2)C[C@@H](C)N1C. The van der Waals surface area contributed by atoms with Crippen molar-refractivity contribution in [3.8, 4) is 0 Å². The van der Waals surface area contributed by atoms with Crippen LogP contribution >= 0.6 is 0 Å². The highest BCUT2D eigenvalue weighted by Gasteiger charge is 2.29. The van der Waals surface area contributed by atoms with Gasteiger partial charge >= 0.3 is 6.09 Å². The Hall–Kier alpha value is -1.55. The van der Waals surface area contributed by atoms with E-state index in [4.69, 9.17) is 4.74 Å². The van der Waals surface area contributed by atoms with Crippen LogP contribution in [-0.2, 0) is 11.3 Å². The van der Waals surface area contributed by atoms with Gasteiger partial charge in [0.15, 0.2) is 0 Å². The molecule has 0 bridgehead atoms. The summed E-state index contributed by atoms with van der Waals surface area (Å²) in [4.78, 5) is 16.2. The molecule has 1 amide bonds. The largest absolute Gasteiger partial charge is 0.445 e. The van der Waals surface area contributed by atoms with E-state index in [1.165, 1.54) is 0 Å². The van der Waals surface area contributed by atoms with Gasteiger partial charge in [-0.2, -0.15) is 0 Å². The number of rotatable bonds is 2. The number of nitrogens with zero attached hydrogens (tertiary/aromatic N) is 2. The van der Waals surface area contributed by atoms with Crippen molar-refractivity contribution in [2.75, 3.05) is 20.1 Å². The van der Waals surface area contributed by atoms with E-state index in [0.717, 1.165) is 18.7 Å². The predicted octanol–water partition coefficient (Wildman–Crippen LogP) is 2.35. The molecule has 1 aromatic rings. The Morgan fingerprint density at radius 3 is 2.37 bits per heavy atom. The molecule has 0 N–H and O–H groups in total. The van der Waals surface area contributed by atoms with Crippen molar-refractivity contribution in [1.82, 2.24) is 9.80 Å². The number of carbonyl (C=O) groups is 1. The zero-order valence-electron chi connectivity index (χ0n) is 11.9. The van der Waals surface area contributed by atoms with Crippen LogP contribution in [0.1, 0.15) is 19.4 Å². The third-order valence-electron chi connectivity index (χ3n) is 3.82. The number of ether oxygens (including phenoxy) is 1. The molecule has 1 aromatic carbocycles. The van der Waals surface area contributed by atoms with Gasteiger partial charge in [0.2, 0.25) is 0 Å². The van der Waals surface area contributed by atoms with Crippen LogP contribution in [0.25, 0.3) is 0 Å². The van der Waals surface area contributed by atoms with Crippen LogP contribution in [-0.4, -0.2) is 48.1 Å². The summed E-state index contributed by atoms with van der Waals surface area (Å²) < 4.78 is 5.37. The summed E-state index contributed by atoms with van der Waals surface area (Å²) in [5.74, 6) is 0. The predicted molar refractivity (Wildman–Crippen MR) is 74.9 cm³/mol. The van der Waals surface area contributed by atoms with Crippen molar-refractivity contribution in [2.24, 2.45) is 0 Å². The monoisotopic (exact) mass is 262 g/mol. The second-order valence-corrected chi connectivity index (χ2v) is 5.31. The topological polar surface area (TPSA) is 32.8 Å². The number of benzene rings is 1. The lowest BCUT2D eigenvalue weighted by Crippen LogP contribution is -2.56. The van der Waals surface area contributed by atoms with E-state index in [1.54, 1.807) is 4.90 Å². The van der Waals surface area contributed by atoms with Gasteiger partial charge in [-0.3, -0.25) is 4.90 Å². The van der Waals surface area contributed by atoms with E-state index < -0.39 is 0 Å². The molecule has 1 saturated heterocycles. The van der Waals surface area contributed by atoms with Crippen LogP contribution < -0.4 is 0 Å². The van der Waals surface area contributed by atoms with Crippen molar-refractivity contribution in [3.63, 3.8) is 0 Å². The lowest BCUT2D eigenvalue weighted by molar-refractivity contribution is 0.0379. The van der Waals surface area contributed by atoms with Gasteiger partial charge in [-0.1, -0.05) is 30.3 Å². The van der Waals surface area contributed by atoms with Crippen molar-refractivity contribution in [3.05, 3.63) is 35.9 Å². The summed E-state index contributed by atoms with van der Waals surface area (Å²) in [6, 6.07) is 10.5. The maximum atomic E-state index is 12.1. The molecule has 0 aromatic heterocycles. The molecular formula is C15H22N2O2. The van der Waals surface area contributed by atoms with Crippen LogP contribution in [0.3, 0.4) is 0 Å². The highest BCUT2D eigenvalue weighted by atomic mass is 16.6. The highest BCUT2D eigenvalue weighted by molar-refractivity contribution is 5.67. The van der Waals surface area contributed by atoms with Gasteiger partial charge < -0.3 is 9.64 Å². The van der Waals surface area contributed by atoms with Crippen LogP contribution in [0, 0.1) is 0 Å². The molecule has 4 nitrogen and oxygen atoms in total. The summed E-state index contributed by atoms with van der Waals surface area (Å²) >= 11 is 0. The number of carbonyl (C=O) groups excluding carboxylic acids is 1. The number of piperazine rings is 1. The first kappa shape index (κ1) is 13.9. The lowest BCUT2D eigenvalue weighted by Gasteiger charge is -2.41. The first-order valence-corrected chi connectivity index (χ1v) is 6.75. The quantitative estimate of drug-likeness (QED) is 0.820. The first-order valence-electron chi connectivity index (χ1n) is 6.75. The molecule has 2 atom stereocenters. The molecule has 0 spiro atoms. The molecule has 1 aliphatic heterocycles. The summed E-state index contributed by atoms with van der Waals surface area (Å²) in [6.45, 7) is 6.07. The molecular weight excluding hydrogens is 240 g/mol. The smallest absolute Gasteiger partial charge is 0.410 e. The van der Waals surface area contributed by atoms with Crippen molar-refractivity contribution in [2.45, 2.75) is 32.5 Å². The lowest BCUT2D eigenvalue weighted by atomic mass is 10.1. The summed E-state index contributed by atoms with van der Waals surface area (Å²) in [7, 11) is 2.10. The summed E-state index contributed by atoms with van der Waals surface area (Å²) in [6.07, 6.45) is -0.212. The average Bonchev–Trinajstić information content (AvgIpc) is 2.42. The van der Waals surface area contributed by atoms with Crippen LogP contribution in [0.2, 0.25) is 0 Å². The van der Waals surface area contributed by atoms with E-state index in [1.807, 2.05) is 30.3 Å². The second kappa shape index (κ2) is 6.06. The molecule has 1 heterocycles. The minimum Gasteiger partial charge on any atom is -0.445 e. The van der Waals surface area contributed by atoms with E-state index in [-0.39, 0.29) is 6.09 Å². The Morgan fingerprint density at radius 1 is 1.21 bits per heavy atom. The van der Waals surface area contributed by atoms with E-state index >= 15 is 0 Å². The Morgan fingerprint density at radius 2 is 1.79 bits per heavy atom. The molecule has 0 aliphatic carbocycles. The zero-order valence-corrected chi connectivity index (χ0v) is 11.9. The summed E-state index contributed by atoms with van der Waals surface area (Å²) in [5, 5.41) is 0. The Balaban J connectivity index is 1.87. The first-order chi connectivity index (χ1) is 9.08. The Labute approximate surface area is 115 Å². The standard InChI is InChI=1S/C15H22N2O2/c1-12-9-17(10-13(2)16(12)3)15(18)19-11-14-7-5-4-6-8-14/h4-8,12-13H,9-11H2,1-3H3/t12-,13-/m1/s1. The van der Waals surface area contributed by atoms with Crippen molar-refractivity contribution < 1.29 is 9.53 Å². The van der Waals surface area contributed by atoms with E-state index in [0.29, 0.717) is 18.7 Å². The third kappa shape index (κ3) is 3.47. The Bertz CT molecular complexity index is 409. The number of amides is 1. The Kier molecular flexibility index (Phi) is 4.43. The molecule has 2 rings (SSSR count). The van der Waals surface area contributed by atoms with E-state index in [2.05, 4.69) is 25.8 Å². The number of likely N-dealkylation sites (N-methyl/N-ethyl adjacent to an activating group) is 1. The van der Waals surface area contributed by atoms with Crippen molar-refractivity contribution in [1.29, 1.82) is 0 Å². The fraction of sp³-hybridized carbons (Fsp3) is 0.533. The molecule has 4 heteroatoms. The van der Waals surface area contributed by atoms with Gasteiger partial charge in [0.05, 0.1) is 0 Å². The fourth-order valence-electron chi connectivity index (χ4n) is 2.36. The minimum atomic E-state index is -0.212. The maximum absolute atomic E-state index is 12.1. The second-order valence-electron chi connectivity index (χ2n) is 5.31. The summed E-state index contributed by atoms with van der Waals surface area (Å²) in [5.41, 5.74) is 1.02. The maximum Gasteiger partial charge on any atom is 0.410 e. The molecule has 0 saturated carbocycles. The van der Waals surface area contributed by atoms with Gasteiger partial charge in [0.1, 0.15) is 6.61 Å². The minimum absolute atomic E-state index is 0.212. The molecule has 19 heavy (non-hydrogen) atoms. The van der Waals surface area contributed by atoms with Gasteiger partial charge in [-0.25, -0.2) is 4.79 Å². The van der Waals surface area contributed by atoms with Gasteiger partial charge in [-0.15, -0.1) is 0 Å². The molecule has 1 aliphatic rings. The highest BCUT2D eigenvalue weighted by Crippen LogP contribution is 2.14. The van der Waals surface area contributed by atoms with Gasteiger partial charge in [-0.05, 0) is 26.5 Å². The molecule has 1 fully saturated rings. The van der Waals surface area contributed by atoms with Crippen LogP contribution in [0.15, 0.2) is 30.3 Å². The van der Waals surface area contributed by atoms with Crippen molar-refractivity contribution >= 4 is 6.09 Å². The van der Waals surface area contributed by atoms with Gasteiger partial charge in [0, 0.05) is 25.2 Å². The van der Waals surface area contributed by atoms with Gasteiger partial charge in [0.25, 0.3) is 0 Å². The third-order valence-corrected chi connectivity index (χ3v) is 3.82. The number of hydrogen-bond acceptors (Lipinski definition) is 3. The number of hydrogen-bond donors (Lipinski definition) is 0. The molecule has 0 unspecified atom stereocenters. The van der Waals surface area contributed by atoms with E-state index in [9.17, 15) is 4.79 Å². The van der Waals surface area contributed by atoms with Crippen LogP contribution in [0.4, 0.5) is 4.79 Å².